The second-order valence-corrected chi connectivity index (χ2v) is 16.4. The summed E-state index contributed by atoms with van der Waals surface area (Å²) < 4.78 is 11.7. The lowest BCUT2D eigenvalue weighted by molar-refractivity contribution is -0.205. The summed E-state index contributed by atoms with van der Waals surface area (Å²) in [6.45, 7) is 17.9. The highest BCUT2D eigenvalue weighted by molar-refractivity contribution is 8.00. The van der Waals surface area contributed by atoms with Crippen LogP contribution in [0, 0.1) is 34.0 Å². The van der Waals surface area contributed by atoms with Gasteiger partial charge in [0, 0.05) is 34.5 Å². The van der Waals surface area contributed by atoms with E-state index in [1.165, 1.54) is 11.8 Å². The summed E-state index contributed by atoms with van der Waals surface area (Å²) in [5.74, 6) is -0.198. The third kappa shape index (κ3) is 6.16. The van der Waals surface area contributed by atoms with Gasteiger partial charge in [0.05, 0.1) is 18.0 Å². The number of carbonyl (C=O) groups excluding carboxylic acids is 3. The molecule has 0 radical (unpaired) electrons. The van der Waals surface area contributed by atoms with Gasteiger partial charge in [-0.2, -0.15) is 0 Å². The second kappa shape index (κ2) is 12.1. The van der Waals surface area contributed by atoms with E-state index in [1.807, 2.05) is 27.7 Å². The lowest BCUT2D eigenvalue weighted by Crippen LogP contribution is -2.63. The van der Waals surface area contributed by atoms with Crippen molar-refractivity contribution in [3.05, 3.63) is 12.7 Å². The van der Waals surface area contributed by atoms with Crippen molar-refractivity contribution in [2.24, 2.45) is 34.0 Å². The Labute approximate surface area is 256 Å². The maximum absolute atomic E-state index is 13.6. The van der Waals surface area contributed by atoms with Crippen LogP contribution in [-0.4, -0.2) is 69.0 Å². The molecule has 4 rings (SSSR count). The number of carbonyl (C=O) groups is 3. The quantitative estimate of drug-likeness (QED) is 0.270. The number of hydrogen-bond acceptors (Lipinski definition) is 8. The first-order valence-electron chi connectivity index (χ1n) is 15.8. The fourth-order valence-electron chi connectivity index (χ4n) is 8.79. The molecule has 4 saturated carbocycles. The summed E-state index contributed by atoms with van der Waals surface area (Å²) in [5.41, 5.74) is -2.12. The van der Waals surface area contributed by atoms with Crippen molar-refractivity contribution in [2.75, 3.05) is 5.75 Å². The van der Waals surface area contributed by atoms with Crippen molar-refractivity contribution in [2.45, 2.75) is 135 Å². The number of thioether (sulfide) groups is 1. The molecule has 0 heterocycles. The van der Waals surface area contributed by atoms with Crippen molar-refractivity contribution in [3.63, 3.8) is 0 Å². The van der Waals surface area contributed by atoms with Crippen LogP contribution in [0.3, 0.4) is 0 Å². The minimum Gasteiger partial charge on any atom is -0.461 e. The number of alkyl carbamates (subject to hydrolysis) is 1. The Hall–Kier alpha value is -1.58. The molecule has 0 aromatic rings. The number of amides is 1. The number of ether oxygens (including phenoxy) is 2. The van der Waals surface area contributed by atoms with Gasteiger partial charge in [-0.3, -0.25) is 9.59 Å². The molecule has 1 amide bonds. The van der Waals surface area contributed by atoms with Crippen molar-refractivity contribution >= 4 is 29.6 Å². The first kappa shape index (κ1) is 33.3. The molecule has 2 bridgehead atoms. The molecule has 3 N–H and O–H groups in total. The number of ketones is 1. The normalized spacial score (nSPS) is 43.9. The van der Waals surface area contributed by atoms with Crippen LogP contribution >= 0.6 is 11.8 Å². The molecule has 0 aliphatic heterocycles. The number of esters is 1. The Morgan fingerprint density at radius 3 is 2.45 bits per heavy atom. The molecule has 238 valence electrons. The lowest BCUT2D eigenvalue weighted by Gasteiger charge is -2.61. The van der Waals surface area contributed by atoms with E-state index in [1.54, 1.807) is 6.08 Å². The maximum Gasteiger partial charge on any atom is 0.407 e. The molecule has 8 nitrogen and oxygen atoms in total. The zero-order chi connectivity index (χ0) is 31.3. The summed E-state index contributed by atoms with van der Waals surface area (Å²) in [4.78, 5) is 39.2. The van der Waals surface area contributed by atoms with Crippen LogP contribution < -0.4 is 5.32 Å². The third-order valence-corrected chi connectivity index (χ3v) is 12.8. The van der Waals surface area contributed by atoms with Crippen LogP contribution in [0.2, 0.25) is 0 Å². The standard InChI is InChI=1S/C33H53NO7S/c1-9-31(7)17-25(32(8)19(2)12-14-33(20(3)28(31)38)15-13-22(35)27(32)33)40-26(37)18-42-24-11-10-21(16-23(24)36)34-29(39)41-30(4,5)6/h9,19-21,23-25,27-28,36,38H,1,10-18H2,2-8H3,(H,34,39)/t19-,20+,21-,23-,24-,25-,27+,28+,31-,32+,33+/m1/s1. The molecule has 0 aromatic carbocycles. The van der Waals surface area contributed by atoms with Crippen LogP contribution in [-0.2, 0) is 19.1 Å². The Morgan fingerprint density at radius 1 is 1.14 bits per heavy atom. The number of nitrogens with one attached hydrogen (secondary N) is 1. The lowest BCUT2D eigenvalue weighted by atomic mass is 9.44. The summed E-state index contributed by atoms with van der Waals surface area (Å²) in [6, 6.07) is -0.184. The minimum absolute atomic E-state index is 0.0718. The predicted molar refractivity (Wildman–Crippen MR) is 164 cm³/mol. The number of rotatable bonds is 6. The fraction of sp³-hybridized carbons (Fsp3) is 0.848. The first-order valence-corrected chi connectivity index (χ1v) is 16.8. The molecule has 4 aliphatic carbocycles. The van der Waals surface area contributed by atoms with Crippen molar-refractivity contribution < 1.29 is 34.1 Å². The van der Waals surface area contributed by atoms with Crippen LogP contribution in [0.4, 0.5) is 4.79 Å². The Bertz CT molecular complexity index is 1060. The van der Waals surface area contributed by atoms with E-state index < -0.39 is 40.8 Å². The highest BCUT2D eigenvalue weighted by atomic mass is 32.2. The summed E-state index contributed by atoms with van der Waals surface area (Å²) >= 11 is 1.39. The van der Waals surface area contributed by atoms with E-state index in [-0.39, 0.29) is 52.0 Å². The Morgan fingerprint density at radius 2 is 1.83 bits per heavy atom. The molecule has 4 aliphatic rings. The summed E-state index contributed by atoms with van der Waals surface area (Å²) in [7, 11) is 0. The van der Waals surface area contributed by atoms with Crippen LogP contribution in [0.5, 0.6) is 0 Å². The average Bonchev–Trinajstić information content (AvgIpc) is 3.25. The van der Waals surface area contributed by atoms with Crippen LogP contribution in [0.1, 0.15) is 99.8 Å². The molecular weight excluding hydrogens is 554 g/mol. The highest BCUT2D eigenvalue weighted by Crippen LogP contribution is 2.68. The zero-order valence-electron chi connectivity index (χ0n) is 26.6. The van der Waals surface area contributed by atoms with Gasteiger partial charge in [0.15, 0.2) is 0 Å². The second-order valence-electron chi connectivity index (χ2n) is 15.1. The predicted octanol–water partition coefficient (Wildman–Crippen LogP) is 5.43. The van der Waals surface area contributed by atoms with Gasteiger partial charge in [0.1, 0.15) is 17.5 Å². The smallest absolute Gasteiger partial charge is 0.407 e. The molecule has 11 atom stereocenters. The zero-order valence-corrected chi connectivity index (χ0v) is 27.4. The number of aliphatic hydroxyl groups is 2. The van der Waals surface area contributed by atoms with E-state index in [9.17, 15) is 24.6 Å². The number of aliphatic hydroxyl groups excluding tert-OH is 2. The molecule has 42 heavy (non-hydrogen) atoms. The average molecular weight is 608 g/mol. The fourth-order valence-corrected chi connectivity index (χ4v) is 9.84. The van der Waals surface area contributed by atoms with Gasteiger partial charge in [-0.05, 0) is 83.0 Å². The third-order valence-electron chi connectivity index (χ3n) is 11.5. The van der Waals surface area contributed by atoms with E-state index in [0.29, 0.717) is 32.1 Å². The van der Waals surface area contributed by atoms with Gasteiger partial charge in [-0.1, -0.05) is 33.8 Å². The minimum atomic E-state index is -0.698. The number of hydrogen-bond donors (Lipinski definition) is 3. The molecule has 0 aromatic heterocycles. The largest absolute Gasteiger partial charge is 0.461 e. The summed E-state index contributed by atoms with van der Waals surface area (Å²) in [5, 5.41) is 25.2. The summed E-state index contributed by atoms with van der Waals surface area (Å²) in [6.07, 6.45) is 4.63. The van der Waals surface area contributed by atoms with Crippen molar-refractivity contribution in [1.82, 2.24) is 5.32 Å². The topological polar surface area (TPSA) is 122 Å². The monoisotopic (exact) mass is 607 g/mol. The molecule has 0 spiro atoms. The molecular formula is C33H53NO7S. The van der Waals surface area contributed by atoms with E-state index >= 15 is 0 Å². The molecule has 4 fully saturated rings. The number of Topliss-reactive ketones (excluding diaryl/α,β-unsaturated/α-hetero) is 1. The van der Waals surface area contributed by atoms with Gasteiger partial charge in [0.25, 0.3) is 0 Å². The van der Waals surface area contributed by atoms with Gasteiger partial charge < -0.3 is 25.0 Å². The maximum atomic E-state index is 13.6. The van der Waals surface area contributed by atoms with Crippen molar-refractivity contribution in [1.29, 1.82) is 0 Å². The van der Waals surface area contributed by atoms with Crippen LogP contribution in [0.25, 0.3) is 0 Å². The Balaban J connectivity index is 1.45. The molecule has 9 heteroatoms. The Kier molecular flexibility index (Phi) is 9.58. The van der Waals surface area contributed by atoms with Crippen molar-refractivity contribution in [3.8, 4) is 0 Å². The van der Waals surface area contributed by atoms with Gasteiger partial charge in [-0.15, -0.1) is 18.3 Å². The SMILES string of the molecule is C=C[C@]1(C)C[C@@H](OC(=O)CS[C@@H]2CC[C@@H](NC(=O)OC(C)(C)C)C[C@H]2O)[C@]2(C)[C@H](C)CC[C@]3(CCC(=O)[C@H]32)[C@@H](C)[C@@H]1O. The van der Waals surface area contributed by atoms with Crippen LogP contribution in [0.15, 0.2) is 12.7 Å². The van der Waals surface area contributed by atoms with Gasteiger partial charge in [0.2, 0.25) is 0 Å². The van der Waals surface area contributed by atoms with E-state index in [0.717, 1.165) is 19.3 Å². The van der Waals surface area contributed by atoms with E-state index in [4.69, 9.17) is 9.47 Å². The first-order chi connectivity index (χ1) is 19.5. The molecule has 0 unspecified atom stereocenters. The van der Waals surface area contributed by atoms with Gasteiger partial charge in [-0.25, -0.2) is 4.79 Å². The highest BCUT2D eigenvalue weighted by Gasteiger charge is 2.68. The van der Waals surface area contributed by atoms with Gasteiger partial charge >= 0.3 is 12.1 Å². The molecule has 0 saturated heterocycles. The van der Waals surface area contributed by atoms with E-state index in [2.05, 4.69) is 32.7 Å².